The number of unbranched alkanes of at least 4 members (excludes halogenated alkanes) is 10. The van der Waals surface area contributed by atoms with Gasteiger partial charge in [0.1, 0.15) is 0 Å². The van der Waals surface area contributed by atoms with Crippen molar-refractivity contribution in [2.24, 2.45) is 0 Å². The minimum atomic E-state index is -0.708. The molecule has 0 amide bonds. The van der Waals surface area contributed by atoms with Crippen molar-refractivity contribution in [3.05, 3.63) is 72.9 Å². The Hall–Kier alpha value is -3.33. The first-order valence-corrected chi connectivity index (χ1v) is 23.1. The Morgan fingerprint density at radius 1 is 0.421 bits per heavy atom. The van der Waals surface area contributed by atoms with E-state index in [1.54, 1.807) is 13.8 Å². The first kappa shape index (κ1) is 53.7. The van der Waals surface area contributed by atoms with Gasteiger partial charge in [-0.15, -0.1) is 0 Å². The highest BCUT2D eigenvalue weighted by atomic mass is 32.2. The third-order valence-corrected chi connectivity index (χ3v) is 9.95. The Morgan fingerprint density at radius 3 is 1.05 bits per heavy atom. The molecule has 0 radical (unpaired) electrons. The predicted octanol–water partition coefficient (Wildman–Crippen LogP) is 13.3. The zero-order chi connectivity index (χ0) is 41.9. The van der Waals surface area contributed by atoms with Crippen molar-refractivity contribution in [2.45, 2.75) is 193 Å². The summed E-state index contributed by atoms with van der Waals surface area (Å²) in [5.74, 6) is -1.40. The number of carbonyl (C=O) groups excluding carboxylic acids is 4. The molecule has 0 aromatic rings. The Bertz CT molecular complexity index is 1090. The van der Waals surface area contributed by atoms with Crippen molar-refractivity contribution >= 4 is 35.6 Å². The number of thioether (sulfide) groups is 1. The lowest BCUT2D eigenvalue weighted by Gasteiger charge is -2.24. The monoisotopic (exact) mass is 815 g/mol. The lowest BCUT2D eigenvalue weighted by Crippen LogP contribution is -2.25. The summed E-state index contributed by atoms with van der Waals surface area (Å²) in [7, 11) is 0. The van der Waals surface area contributed by atoms with Crippen molar-refractivity contribution in [1.82, 2.24) is 0 Å². The van der Waals surface area contributed by atoms with Gasteiger partial charge in [0.05, 0.1) is 13.2 Å². The van der Waals surface area contributed by atoms with Crippen molar-refractivity contribution in [3.8, 4) is 0 Å². The van der Waals surface area contributed by atoms with Gasteiger partial charge in [0.25, 0.3) is 0 Å². The molecule has 2 unspecified atom stereocenters. The maximum Gasteiger partial charge on any atom is 0.306 e. The zero-order valence-corrected chi connectivity index (χ0v) is 37.0. The van der Waals surface area contributed by atoms with Crippen LogP contribution >= 0.6 is 11.8 Å². The molecule has 57 heavy (non-hydrogen) atoms. The molecule has 0 saturated heterocycles. The molecular weight excluding hydrogens is 737 g/mol. The summed E-state index contributed by atoms with van der Waals surface area (Å²) in [5.41, 5.74) is -1.42. The van der Waals surface area contributed by atoms with E-state index in [0.29, 0.717) is 12.8 Å². The second-order valence-corrected chi connectivity index (χ2v) is 15.3. The average Bonchev–Trinajstić information content (AvgIpc) is 3.20. The van der Waals surface area contributed by atoms with Crippen molar-refractivity contribution in [2.75, 3.05) is 13.2 Å². The van der Waals surface area contributed by atoms with E-state index < -0.39 is 10.9 Å². The van der Waals surface area contributed by atoms with Gasteiger partial charge in [0, 0.05) is 38.5 Å². The molecule has 0 aliphatic rings. The average molecular weight is 815 g/mol. The molecule has 9 heteroatoms. The molecule has 0 saturated carbocycles. The molecule has 0 aliphatic heterocycles. The second-order valence-electron chi connectivity index (χ2n) is 14.0. The molecule has 0 spiro atoms. The maximum atomic E-state index is 12.9. The molecule has 0 fully saturated rings. The van der Waals surface area contributed by atoms with E-state index in [1.165, 1.54) is 50.3 Å². The third kappa shape index (κ3) is 39.3. The fourth-order valence-corrected chi connectivity index (χ4v) is 6.40. The maximum absolute atomic E-state index is 12.9. The SMILES string of the molecule is CCCCCC=CCC=CCC=CCCCCC(=O)OC(CCOC(=O)CC)SC(CCOC(=O)CC)OC(=O)CCCCC=CCC=CCC=CCCCCC. The van der Waals surface area contributed by atoms with Gasteiger partial charge in [0.2, 0.25) is 0 Å². The molecule has 0 N–H and O–H groups in total. The van der Waals surface area contributed by atoms with Crippen LogP contribution in [0, 0.1) is 0 Å². The van der Waals surface area contributed by atoms with E-state index in [9.17, 15) is 19.2 Å². The van der Waals surface area contributed by atoms with Gasteiger partial charge >= 0.3 is 23.9 Å². The molecule has 0 rings (SSSR count). The smallest absolute Gasteiger partial charge is 0.306 e. The summed E-state index contributed by atoms with van der Waals surface area (Å²) in [6.07, 6.45) is 46.2. The van der Waals surface area contributed by atoms with E-state index in [0.717, 1.165) is 64.2 Å². The normalized spacial score (nSPS) is 13.1. The van der Waals surface area contributed by atoms with Crippen LogP contribution in [0.2, 0.25) is 0 Å². The Balaban J connectivity index is 4.87. The van der Waals surface area contributed by atoms with Gasteiger partial charge in [-0.2, -0.15) is 0 Å². The van der Waals surface area contributed by atoms with Crippen LogP contribution in [0.5, 0.6) is 0 Å². The van der Waals surface area contributed by atoms with Crippen LogP contribution in [0.1, 0.15) is 182 Å². The summed E-state index contributed by atoms with van der Waals surface area (Å²) < 4.78 is 22.2. The number of carbonyl (C=O) groups is 4. The topological polar surface area (TPSA) is 105 Å². The van der Waals surface area contributed by atoms with Crippen LogP contribution in [0.25, 0.3) is 0 Å². The van der Waals surface area contributed by atoms with Crippen LogP contribution in [0.3, 0.4) is 0 Å². The van der Waals surface area contributed by atoms with E-state index in [2.05, 4.69) is 86.8 Å². The highest BCUT2D eigenvalue weighted by Crippen LogP contribution is 2.27. The first-order chi connectivity index (χ1) is 27.9. The number of hydrogen-bond donors (Lipinski definition) is 0. The summed E-state index contributed by atoms with van der Waals surface area (Å²) in [6.45, 7) is 8.00. The van der Waals surface area contributed by atoms with E-state index in [4.69, 9.17) is 18.9 Å². The van der Waals surface area contributed by atoms with Crippen LogP contribution in [0.15, 0.2) is 72.9 Å². The van der Waals surface area contributed by atoms with Crippen molar-refractivity contribution < 1.29 is 38.1 Å². The number of hydrogen-bond acceptors (Lipinski definition) is 9. The summed E-state index contributed by atoms with van der Waals surface area (Å²) >= 11 is 1.18. The summed E-state index contributed by atoms with van der Waals surface area (Å²) in [5, 5.41) is 0. The number of rotatable bonds is 38. The Labute approximate surface area is 351 Å². The largest absolute Gasteiger partial charge is 0.465 e. The fourth-order valence-electron chi connectivity index (χ4n) is 5.27. The van der Waals surface area contributed by atoms with Crippen LogP contribution in [-0.4, -0.2) is 48.0 Å². The molecule has 2 atom stereocenters. The molecular formula is C48H78O8S. The van der Waals surface area contributed by atoms with E-state index >= 15 is 0 Å². The summed E-state index contributed by atoms with van der Waals surface area (Å²) in [6, 6.07) is 0. The number of allylic oxidation sites excluding steroid dienone is 12. The molecule has 8 nitrogen and oxygen atoms in total. The number of ether oxygens (including phenoxy) is 4. The highest BCUT2D eigenvalue weighted by molar-refractivity contribution is 8.00. The van der Waals surface area contributed by atoms with Crippen LogP contribution in [0.4, 0.5) is 0 Å². The highest BCUT2D eigenvalue weighted by Gasteiger charge is 2.24. The van der Waals surface area contributed by atoms with Gasteiger partial charge in [0.15, 0.2) is 10.9 Å². The second kappa shape index (κ2) is 42.3. The quantitative estimate of drug-likeness (QED) is 0.0198. The van der Waals surface area contributed by atoms with Gasteiger partial charge in [-0.25, -0.2) is 0 Å². The lowest BCUT2D eigenvalue weighted by atomic mass is 10.1. The molecule has 0 bridgehead atoms. The molecule has 324 valence electrons. The van der Waals surface area contributed by atoms with E-state index in [1.807, 2.05) is 0 Å². The molecule has 0 aromatic heterocycles. The first-order valence-electron chi connectivity index (χ1n) is 22.1. The predicted molar refractivity (Wildman–Crippen MR) is 238 cm³/mol. The van der Waals surface area contributed by atoms with E-state index in [-0.39, 0.29) is 75.6 Å². The van der Waals surface area contributed by atoms with Gasteiger partial charge in [-0.1, -0.05) is 138 Å². The van der Waals surface area contributed by atoms with Crippen LogP contribution < -0.4 is 0 Å². The van der Waals surface area contributed by atoms with Gasteiger partial charge < -0.3 is 18.9 Å². The lowest BCUT2D eigenvalue weighted by molar-refractivity contribution is -0.148. The Morgan fingerprint density at radius 2 is 0.737 bits per heavy atom. The fraction of sp³-hybridized carbons (Fsp3) is 0.667. The zero-order valence-electron chi connectivity index (χ0n) is 36.1. The molecule has 0 aromatic carbocycles. The minimum Gasteiger partial charge on any atom is -0.465 e. The molecule has 0 aliphatic carbocycles. The third-order valence-electron chi connectivity index (χ3n) is 8.68. The minimum absolute atomic E-state index is 0.0665. The van der Waals surface area contributed by atoms with Gasteiger partial charge in [-0.05, 0) is 89.9 Å². The number of esters is 4. The van der Waals surface area contributed by atoms with Crippen LogP contribution in [-0.2, 0) is 38.1 Å². The van der Waals surface area contributed by atoms with Crippen molar-refractivity contribution in [3.63, 3.8) is 0 Å². The Kier molecular flexibility index (Phi) is 39.8. The van der Waals surface area contributed by atoms with Crippen molar-refractivity contribution in [1.29, 1.82) is 0 Å². The van der Waals surface area contributed by atoms with Gasteiger partial charge in [-0.3, -0.25) is 19.2 Å². The standard InChI is InChI=1S/C48H78O8S/c1-5-9-11-13-15-17-19-21-23-25-27-29-31-33-35-37-45(51)55-47(39-41-53-43(49)7-3)57-48(40-42-54-44(50)8-4)56-46(52)38-36-34-32-30-28-26-24-22-20-18-16-14-12-10-6-2/h15-18,21-24,27-30,47-48H,5-14,19-20,25-26,31-42H2,1-4H3. The molecule has 0 heterocycles. The summed E-state index contributed by atoms with van der Waals surface area (Å²) in [4.78, 5) is 49.4.